The lowest BCUT2D eigenvalue weighted by atomic mass is 9.92. The van der Waals surface area contributed by atoms with E-state index in [1.54, 1.807) is 0 Å². The van der Waals surface area contributed by atoms with E-state index >= 15 is 0 Å². The van der Waals surface area contributed by atoms with Gasteiger partial charge < -0.3 is 19.8 Å². The summed E-state index contributed by atoms with van der Waals surface area (Å²) in [7, 11) is 0. The Morgan fingerprint density at radius 2 is 0.965 bits per heavy atom. The van der Waals surface area contributed by atoms with E-state index in [9.17, 15) is 0 Å². The maximum atomic E-state index is 6.49. The van der Waals surface area contributed by atoms with Crippen LogP contribution in [0.4, 0.5) is 22.7 Å². The molecule has 272 valence electrons. The number of nitrogens with two attached hydrogens (primary N) is 1. The van der Waals surface area contributed by atoms with Crippen molar-refractivity contribution >= 4 is 55.5 Å². The van der Waals surface area contributed by atoms with E-state index in [2.05, 4.69) is 163 Å². The minimum Gasteiger partial charge on any atom is -0.487 e. The minimum absolute atomic E-state index is 0.423. The number of fused-ring (bicyclic) bond motifs is 4. The van der Waals surface area contributed by atoms with Crippen LogP contribution in [0, 0.1) is 0 Å². The van der Waals surface area contributed by atoms with Crippen LogP contribution in [0.2, 0.25) is 0 Å². The van der Waals surface area contributed by atoms with Crippen molar-refractivity contribution in [2.45, 2.75) is 6.61 Å². The van der Waals surface area contributed by atoms with Crippen LogP contribution in [0.25, 0.3) is 66.1 Å². The molecule has 10 aromatic rings. The quantitative estimate of drug-likeness (QED) is 0.150. The molecule has 0 unspecified atom stereocenters. The predicted octanol–water partition coefficient (Wildman–Crippen LogP) is 14.4. The summed E-state index contributed by atoms with van der Waals surface area (Å²) in [4.78, 5) is 2.31. The molecule has 4 nitrogen and oxygen atoms in total. The highest BCUT2D eigenvalue weighted by atomic mass is 16.5. The Hall–Kier alpha value is -7.56. The highest BCUT2D eigenvalue weighted by Crippen LogP contribution is 2.43. The van der Waals surface area contributed by atoms with Gasteiger partial charge >= 0.3 is 0 Å². The van der Waals surface area contributed by atoms with Crippen LogP contribution in [-0.2, 0) is 6.61 Å². The molecule has 0 radical (unpaired) electrons. The second kappa shape index (κ2) is 14.6. The number of rotatable bonds is 9. The van der Waals surface area contributed by atoms with E-state index in [1.165, 1.54) is 27.5 Å². The molecular weight excluding hydrogens is 697 g/mol. The lowest BCUT2D eigenvalue weighted by molar-refractivity contribution is 0.308. The maximum absolute atomic E-state index is 6.49. The first-order valence-corrected chi connectivity index (χ1v) is 19.2. The third-order valence-corrected chi connectivity index (χ3v) is 10.7. The molecule has 57 heavy (non-hydrogen) atoms. The summed E-state index contributed by atoms with van der Waals surface area (Å²) in [6.07, 6.45) is 0. The largest absolute Gasteiger partial charge is 0.487 e. The normalized spacial score (nSPS) is 11.3. The predicted molar refractivity (Wildman–Crippen MR) is 237 cm³/mol. The van der Waals surface area contributed by atoms with E-state index in [1.807, 2.05) is 48.5 Å². The number of ether oxygens (including phenoxy) is 1. The smallest absolute Gasteiger partial charge is 0.143 e. The second-order valence-electron chi connectivity index (χ2n) is 14.3. The third-order valence-electron chi connectivity index (χ3n) is 10.7. The number of nitrogens with zero attached hydrogens (tertiary/aromatic N) is 1. The molecule has 1 heterocycles. The molecular formula is C53H38N2O2. The van der Waals surface area contributed by atoms with Gasteiger partial charge in [-0.05, 0) is 98.2 Å². The molecule has 2 N–H and O–H groups in total. The van der Waals surface area contributed by atoms with Gasteiger partial charge in [0.1, 0.15) is 23.5 Å². The van der Waals surface area contributed by atoms with Gasteiger partial charge in [-0.2, -0.15) is 0 Å². The topological polar surface area (TPSA) is 51.6 Å². The lowest BCUT2D eigenvalue weighted by Gasteiger charge is -2.26. The zero-order valence-corrected chi connectivity index (χ0v) is 31.2. The van der Waals surface area contributed by atoms with Gasteiger partial charge in [0, 0.05) is 33.9 Å². The highest BCUT2D eigenvalue weighted by molar-refractivity contribution is 6.08. The molecule has 0 spiro atoms. The first-order valence-electron chi connectivity index (χ1n) is 19.2. The molecule has 1 aromatic heterocycles. The number of benzene rings is 9. The highest BCUT2D eigenvalue weighted by Gasteiger charge is 2.18. The maximum Gasteiger partial charge on any atom is 0.143 e. The van der Waals surface area contributed by atoms with E-state index < -0.39 is 0 Å². The zero-order chi connectivity index (χ0) is 38.1. The second-order valence-corrected chi connectivity index (χ2v) is 14.3. The van der Waals surface area contributed by atoms with Crippen molar-refractivity contribution in [3.63, 3.8) is 0 Å². The molecule has 0 aliphatic heterocycles. The van der Waals surface area contributed by atoms with E-state index in [4.69, 9.17) is 14.9 Å². The Labute approximate surface area is 331 Å². The Bertz CT molecular complexity index is 3010. The van der Waals surface area contributed by atoms with Crippen LogP contribution in [0.1, 0.15) is 5.56 Å². The van der Waals surface area contributed by atoms with Crippen LogP contribution >= 0.6 is 0 Å². The fraction of sp³-hybridized carbons (Fsp3) is 0.0189. The molecule has 0 amide bonds. The molecule has 0 bridgehead atoms. The van der Waals surface area contributed by atoms with Crippen molar-refractivity contribution in [2.75, 3.05) is 10.6 Å². The third kappa shape index (κ3) is 6.53. The van der Waals surface area contributed by atoms with Gasteiger partial charge in [0.2, 0.25) is 0 Å². The first-order chi connectivity index (χ1) is 28.2. The van der Waals surface area contributed by atoms with Crippen molar-refractivity contribution < 1.29 is 9.15 Å². The molecule has 0 fully saturated rings. The summed E-state index contributed by atoms with van der Waals surface area (Å²) in [6, 6.07) is 72.3. The fourth-order valence-corrected chi connectivity index (χ4v) is 7.92. The molecule has 10 rings (SSSR count). The Morgan fingerprint density at radius 1 is 0.404 bits per heavy atom. The standard InChI is InChI=1S/C53H38N2O2/c54-50-34-52-49(33-53(50)56-35-36-13-4-1-5-14-36)48-32-43(27-30-51(48)57-52)55(42-20-12-19-40(31-42)37-15-6-2-7-16-37)41-25-23-39(24-26-41)45-29-28-44(38-17-8-3-9-18-38)46-21-10-11-22-47(45)46/h1-34H,35,54H2. The fourth-order valence-electron chi connectivity index (χ4n) is 7.92. The molecule has 0 saturated carbocycles. The van der Waals surface area contributed by atoms with Gasteiger partial charge in [-0.25, -0.2) is 0 Å². The first kappa shape index (κ1) is 34.0. The molecule has 4 heteroatoms. The number of hydrogen-bond donors (Lipinski definition) is 1. The monoisotopic (exact) mass is 734 g/mol. The van der Waals surface area contributed by atoms with Crippen molar-refractivity contribution in [2.24, 2.45) is 0 Å². The number of furan rings is 1. The van der Waals surface area contributed by atoms with Crippen molar-refractivity contribution in [1.82, 2.24) is 0 Å². The Morgan fingerprint density at radius 3 is 1.67 bits per heavy atom. The average molecular weight is 735 g/mol. The van der Waals surface area contributed by atoms with Gasteiger partial charge in [0.25, 0.3) is 0 Å². The van der Waals surface area contributed by atoms with Crippen LogP contribution < -0.4 is 15.4 Å². The molecule has 0 saturated heterocycles. The number of nitrogen functional groups attached to an aromatic ring is 1. The summed E-state index contributed by atoms with van der Waals surface area (Å²) >= 11 is 0. The van der Waals surface area contributed by atoms with E-state index in [-0.39, 0.29) is 0 Å². The van der Waals surface area contributed by atoms with Gasteiger partial charge in [-0.15, -0.1) is 0 Å². The van der Waals surface area contributed by atoms with Crippen LogP contribution in [0.5, 0.6) is 5.75 Å². The van der Waals surface area contributed by atoms with Crippen LogP contribution in [-0.4, -0.2) is 0 Å². The lowest BCUT2D eigenvalue weighted by Crippen LogP contribution is -2.10. The summed E-state index contributed by atoms with van der Waals surface area (Å²) in [5.74, 6) is 0.631. The number of anilines is 4. The van der Waals surface area contributed by atoms with Gasteiger partial charge in [0.05, 0.1) is 5.69 Å². The van der Waals surface area contributed by atoms with E-state index in [0.29, 0.717) is 18.0 Å². The Balaban J connectivity index is 1.08. The summed E-state index contributed by atoms with van der Waals surface area (Å²) < 4.78 is 12.6. The van der Waals surface area contributed by atoms with Gasteiger partial charge in [0.15, 0.2) is 0 Å². The summed E-state index contributed by atoms with van der Waals surface area (Å²) in [5, 5.41) is 4.39. The van der Waals surface area contributed by atoms with Gasteiger partial charge in [-0.3, -0.25) is 0 Å². The molecule has 0 aliphatic rings. The molecule has 9 aromatic carbocycles. The van der Waals surface area contributed by atoms with E-state index in [0.717, 1.165) is 61.3 Å². The van der Waals surface area contributed by atoms with Crippen molar-refractivity contribution in [1.29, 1.82) is 0 Å². The SMILES string of the molecule is Nc1cc2oc3ccc(N(c4ccc(-c5ccc(-c6ccccc6)c6ccccc56)cc4)c4cccc(-c5ccccc5)c4)cc3c2cc1OCc1ccccc1. The summed E-state index contributed by atoms with van der Waals surface area (Å²) in [5.41, 5.74) is 19.8. The van der Waals surface area contributed by atoms with Crippen molar-refractivity contribution in [3.05, 3.63) is 212 Å². The van der Waals surface area contributed by atoms with Crippen LogP contribution in [0.3, 0.4) is 0 Å². The van der Waals surface area contributed by atoms with Gasteiger partial charge in [-0.1, -0.05) is 152 Å². The zero-order valence-electron chi connectivity index (χ0n) is 31.2. The average Bonchev–Trinajstić information content (AvgIpc) is 3.63. The number of hydrogen-bond acceptors (Lipinski definition) is 4. The minimum atomic E-state index is 0.423. The van der Waals surface area contributed by atoms with Crippen LogP contribution in [0.15, 0.2) is 211 Å². The molecule has 0 atom stereocenters. The molecule has 0 aliphatic carbocycles. The summed E-state index contributed by atoms with van der Waals surface area (Å²) in [6.45, 7) is 0.423. The Kier molecular flexibility index (Phi) is 8.69. The van der Waals surface area contributed by atoms with Crippen molar-refractivity contribution in [3.8, 4) is 39.1 Å².